The van der Waals surface area contributed by atoms with Gasteiger partial charge in [-0.05, 0) is 54.7 Å². The van der Waals surface area contributed by atoms with Crippen molar-refractivity contribution in [3.8, 4) is 0 Å². The molecule has 1 aliphatic carbocycles. The van der Waals surface area contributed by atoms with Gasteiger partial charge in [0.1, 0.15) is 5.69 Å². The van der Waals surface area contributed by atoms with Gasteiger partial charge in [0.2, 0.25) is 0 Å². The SMILES string of the molecule is Cl.Cl.Nc1ccc2c(c1)CCCC2NC(=O)c1ccc(C(F)(F)F)nc1. The van der Waals surface area contributed by atoms with Gasteiger partial charge < -0.3 is 11.1 Å². The first-order chi connectivity index (χ1) is 11.3. The maximum absolute atomic E-state index is 12.5. The van der Waals surface area contributed by atoms with Crippen molar-refractivity contribution in [2.45, 2.75) is 31.5 Å². The summed E-state index contributed by atoms with van der Waals surface area (Å²) >= 11 is 0. The smallest absolute Gasteiger partial charge is 0.399 e. The normalized spacial score (nSPS) is 15.9. The summed E-state index contributed by atoms with van der Waals surface area (Å²) in [6.45, 7) is 0. The first kappa shape index (κ1) is 22.1. The Morgan fingerprint density at radius 3 is 2.54 bits per heavy atom. The molecule has 1 aromatic heterocycles. The summed E-state index contributed by atoms with van der Waals surface area (Å²) in [5, 5.41) is 2.87. The summed E-state index contributed by atoms with van der Waals surface area (Å²) < 4.78 is 37.6. The molecule has 3 rings (SSSR count). The van der Waals surface area contributed by atoms with Gasteiger partial charge >= 0.3 is 6.18 Å². The maximum Gasteiger partial charge on any atom is 0.433 e. The zero-order valence-corrected chi connectivity index (χ0v) is 15.2. The third kappa shape index (κ3) is 4.80. The average molecular weight is 408 g/mol. The molecule has 9 heteroatoms. The quantitative estimate of drug-likeness (QED) is 0.727. The number of alkyl halides is 3. The predicted octanol–water partition coefficient (Wildman–Crippen LogP) is 4.33. The van der Waals surface area contributed by atoms with Crippen LogP contribution in [0.1, 0.15) is 46.1 Å². The van der Waals surface area contributed by atoms with Crippen molar-refractivity contribution < 1.29 is 18.0 Å². The Morgan fingerprint density at radius 2 is 1.92 bits per heavy atom. The number of halogens is 5. The van der Waals surface area contributed by atoms with E-state index in [0.29, 0.717) is 5.69 Å². The monoisotopic (exact) mass is 407 g/mol. The van der Waals surface area contributed by atoms with E-state index < -0.39 is 17.8 Å². The summed E-state index contributed by atoms with van der Waals surface area (Å²) in [5.41, 5.74) is 7.64. The van der Waals surface area contributed by atoms with E-state index in [1.165, 1.54) is 0 Å². The van der Waals surface area contributed by atoms with E-state index in [4.69, 9.17) is 5.73 Å². The Hall–Kier alpha value is -1.99. The van der Waals surface area contributed by atoms with Crippen molar-refractivity contribution in [3.05, 3.63) is 58.9 Å². The molecular formula is C17H18Cl2F3N3O. The number of anilines is 1. The van der Waals surface area contributed by atoms with E-state index in [1.54, 1.807) is 6.07 Å². The number of carbonyl (C=O) groups is 1. The molecule has 1 heterocycles. The number of pyridine rings is 1. The number of nitrogens with two attached hydrogens (primary N) is 1. The number of nitrogens with one attached hydrogen (secondary N) is 1. The molecule has 4 nitrogen and oxygen atoms in total. The molecule has 1 aromatic carbocycles. The van der Waals surface area contributed by atoms with E-state index in [0.717, 1.165) is 48.7 Å². The van der Waals surface area contributed by atoms with Crippen LogP contribution in [-0.4, -0.2) is 10.9 Å². The number of nitrogens with zero attached hydrogens (tertiary/aromatic N) is 1. The van der Waals surface area contributed by atoms with Crippen LogP contribution < -0.4 is 11.1 Å². The van der Waals surface area contributed by atoms with Gasteiger partial charge in [-0.25, -0.2) is 0 Å². The molecule has 0 saturated heterocycles. The second kappa shape index (κ2) is 8.60. The van der Waals surface area contributed by atoms with Gasteiger partial charge in [-0.1, -0.05) is 6.07 Å². The van der Waals surface area contributed by atoms with Crippen LogP contribution in [-0.2, 0) is 12.6 Å². The van der Waals surface area contributed by atoms with Gasteiger partial charge in [-0.2, -0.15) is 13.2 Å². The number of aromatic nitrogens is 1. The molecule has 0 radical (unpaired) electrons. The molecule has 1 unspecified atom stereocenters. The third-order valence-corrected chi connectivity index (χ3v) is 4.10. The molecule has 0 saturated carbocycles. The molecule has 26 heavy (non-hydrogen) atoms. The van der Waals surface area contributed by atoms with Crippen molar-refractivity contribution >= 4 is 36.4 Å². The van der Waals surface area contributed by atoms with Gasteiger partial charge in [-0.15, -0.1) is 24.8 Å². The second-order valence-electron chi connectivity index (χ2n) is 5.81. The van der Waals surface area contributed by atoms with Crippen LogP contribution >= 0.6 is 24.8 Å². The highest BCUT2D eigenvalue weighted by Gasteiger charge is 2.32. The van der Waals surface area contributed by atoms with E-state index in [2.05, 4.69) is 10.3 Å². The number of amides is 1. The number of rotatable bonds is 2. The van der Waals surface area contributed by atoms with Gasteiger partial charge in [-0.3, -0.25) is 9.78 Å². The summed E-state index contributed by atoms with van der Waals surface area (Å²) in [4.78, 5) is 15.6. The fraction of sp³-hybridized carbons (Fsp3) is 0.294. The predicted molar refractivity (Wildman–Crippen MR) is 97.7 cm³/mol. The van der Waals surface area contributed by atoms with Gasteiger partial charge in [0.25, 0.3) is 5.91 Å². The second-order valence-corrected chi connectivity index (χ2v) is 5.81. The molecule has 1 amide bonds. The number of aryl methyl sites for hydroxylation is 1. The van der Waals surface area contributed by atoms with Crippen LogP contribution in [0.15, 0.2) is 36.5 Å². The van der Waals surface area contributed by atoms with E-state index in [9.17, 15) is 18.0 Å². The van der Waals surface area contributed by atoms with E-state index in [-0.39, 0.29) is 36.4 Å². The number of carbonyl (C=O) groups excluding carboxylic acids is 1. The standard InChI is InChI=1S/C17H16F3N3O.2ClH/c18-17(19,20)15-7-4-11(9-22-15)16(24)23-14-3-1-2-10-8-12(21)5-6-13(10)14;;/h4-9,14H,1-3,21H2,(H,23,24);2*1H. The lowest BCUT2D eigenvalue weighted by molar-refractivity contribution is -0.141. The average Bonchev–Trinajstić information content (AvgIpc) is 2.54. The van der Waals surface area contributed by atoms with Crippen LogP contribution in [0.3, 0.4) is 0 Å². The zero-order valence-electron chi connectivity index (χ0n) is 13.5. The van der Waals surface area contributed by atoms with Crippen LogP contribution in [0.4, 0.5) is 18.9 Å². The van der Waals surface area contributed by atoms with E-state index in [1.807, 2.05) is 12.1 Å². The maximum atomic E-state index is 12.5. The van der Waals surface area contributed by atoms with Gasteiger partial charge in [0, 0.05) is 11.9 Å². The molecule has 1 aliphatic rings. The Labute approximate surface area is 161 Å². The highest BCUT2D eigenvalue weighted by Crippen LogP contribution is 2.31. The number of benzene rings is 1. The minimum absolute atomic E-state index is 0. The Kier molecular flexibility index (Phi) is 7.29. The largest absolute Gasteiger partial charge is 0.433 e. The Bertz CT molecular complexity index is 767. The summed E-state index contributed by atoms with van der Waals surface area (Å²) in [6, 6.07) is 7.34. The highest BCUT2D eigenvalue weighted by atomic mass is 35.5. The van der Waals surface area contributed by atoms with Gasteiger partial charge in [0.15, 0.2) is 0 Å². The molecule has 0 spiro atoms. The lowest BCUT2D eigenvalue weighted by Gasteiger charge is -2.26. The molecule has 142 valence electrons. The van der Waals surface area contributed by atoms with Crippen LogP contribution in [0.25, 0.3) is 0 Å². The van der Waals surface area contributed by atoms with Crippen molar-refractivity contribution in [2.24, 2.45) is 0 Å². The minimum atomic E-state index is -4.52. The zero-order chi connectivity index (χ0) is 17.3. The van der Waals surface area contributed by atoms with Crippen molar-refractivity contribution in [1.82, 2.24) is 10.3 Å². The summed E-state index contributed by atoms with van der Waals surface area (Å²) in [7, 11) is 0. The molecule has 0 fully saturated rings. The summed E-state index contributed by atoms with van der Waals surface area (Å²) in [5.74, 6) is -0.439. The number of hydrogen-bond donors (Lipinski definition) is 2. The van der Waals surface area contributed by atoms with Gasteiger partial charge in [0.05, 0.1) is 11.6 Å². The third-order valence-electron chi connectivity index (χ3n) is 4.10. The molecule has 2 aromatic rings. The number of hydrogen-bond acceptors (Lipinski definition) is 3. The Morgan fingerprint density at radius 1 is 1.19 bits per heavy atom. The Balaban J connectivity index is 0.00000169. The van der Waals surface area contributed by atoms with Crippen LogP contribution in [0.2, 0.25) is 0 Å². The number of fused-ring (bicyclic) bond motifs is 1. The molecule has 0 bridgehead atoms. The minimum Gasteiger partial charge on any atom is -0.399 e. The summed E-state index contributed by atoms with van der Waals surface area (Å²) in [6.07, 6.45) is -0.986. The topological polar surface area (TPSA) is 68.0 Å². The van der Waals surface area contributed by atoms with Crippen LogP contribution in [0, 0.1) is 0 Å². The number of nitrogen functional groups attached to an aromatic ring is 1. The van der Waals surface area contributed by atoms with E-state index >= 15 is 0 Å². The first-order valence-corrected chi connectivity index (χ1v) is 7.57. The molecule has 3 N–H and O–H groups in total. The molecule has 0 aliphatic heterocycles. The fourth-order valence-corrected chi connectivity index (χ4v) is 2.92. The lowest BCUT2D eigenvalue weighted by atomic mass is 9.87. The molecule has 1 atom stereocenters. The van der Waals surface area contributed by atoms with Crippen molar-refractivity contribution in [2.75, 3.05) is 5.73 Å². The highest BCUT2D eigenvalue weighted by molar-refractivity contribution is 5.94. The first-order valence-electron chi connectivity index (χ1n) is 7.57. The lowest BCUT2D eigenvalue weighted by Crippen LogP contribution is -2.31. The van der Waals surface area contributed by atoms with Crippen molar-refractivity contribution in [3.63, 3.8) is 0 Å². The van der Waals surface area contributed by atoms with Crippen LogP contribution in [0.5, 0.6) is 0 Å². The molecular weight excluding hydrogens is 390 g/mol. The van der Waals surface area contributed by atoms with Crippen molar-refractivity contribution in [1.29, 1.82) is 0 Å². The fourth-order valence-electron chi connectivity index (χ4n) is 2.92.